The van der Waals surface area contributed by atoms with Crippen LogP contribution in [-0.4, -0.2) is 5.91 Å². The van der Waals surface area contributed by atoms with E-state index in [1.807, 2.05) is 13.0 Å². The van der Waals surface area contributed by atoms with Gasteiger partial charge in [-0.15, -0.1) is 0 Å². The van der Waals surface area contributed by atoms with Crippen molar-refractivity contribution in [1.82, 2.24) is 5.32 Å². The molecular weight excluding hydrogens is 384 g/mol. The van der Waals surface area contributed by atoms with Gasteiger partial charge in [0.2, 0.25) is 0 Å². The number of nitrogens with two attached hydrogens (primary N) is 1. The summed E-state index contributed by atoms with van der Waals surface area (Å²) in [5.74, 6) is -0.411. The lowest BCUT2D eigenvalue weighted by Gasteiger charge is -2.21. The molecule has 6 heteroatoms. The number of hydrogen-bond donors (Lipinski definition) is 3. The Morgan fingerprint density at radius 1 is 1.24 bits per heavy atom. The summed E-state index contributed by atoms with van der Waals surface area (Å²) in [4.78, 5) is 12.7. The van der Waals surface area contributed by atoms with Gasteiger partial charge >= 0.3 is 0 Å². The minimum atomic E-state index is -0.411. The van der Waals surface area contributed by atoms with Gasteiger partial charge in [0.1, 0.15) is 11.6 Å². The van der Waals surface area contributed by atoms with Gasteiger partial charge in [-0.05, 0) is 67.0 Å². The van der Waals surface area contributed by atoms with E-state index in [-0.39, 0.29) is 11.6 Å². The molecule has 0 bridgehead atoms. The molecule has 0 heterocycles. The normalized spacial score (nSPS) is 14.4. The fourth-order valence-electron chi connectivity index (χ4n) is 3.55. The van der Waals surface area contributed by atoms with Crippen LogP contribution in [0.1, 0.15) is 48.9 Å². The first-order valence-corrected chi connectivity index (χ1v) is 10.2. The Hall–Kier alpha value is -2.97. The Kier molecular flexibility index (Phi) is 6.79. The Bertz CT molecular complexity index is 977. The smallest absolute Gasteiger partial charge is 0.263 e. The van der Waals surface area contributed by atoms with E-state index < -0.39 is 5.91 Å². The molecule has 1 aliphatic carbocycles. The molecule has 1 amide bonds. The lowest BCUT2D eigenvalue weighted by molar-refractivity contribution is -0.117. The first-order valence-electron chi connectivity index (χ1n) is 9.86. The number of rotatable bonds is 6. The zero-order chi connectivity index (χ0) is 20.8. The molecule has 0 saturated carbocycles. The number of nitrogens with zero attached hydrogens (tertiary/aromatic N) is 1. The summed E-state index contributed by atoms with van der Waals surface area (Å²) in [6.45, 7) is 2.02. The highest BCUT2D eigenvalue weighted by atomic mass is 35.5. The number of fused-ring (bicyclic) bond motifs is 1. The number of anilines is 2. The maximum absolute atomic E-state index is 12.7. The molecule has 0 aromatic heterocycles. The van der Waals surface area contributed by atoms with Crippen LogP contribution >= 0.6 is 11.6 Å². The second kappa shape index (κ2) is 9.49. The minimum Gasteiger partial charge on any atom is -0.398 e. The zero-order valence-electron chi connectivity index (χ0n) is 16.5. The summed E-state index contributed by atoms with van der Waals surface area (Å²) in [5, 5.41) is 15.7. The fraction of sp³-hybridized carbons (Fsp3) is 0.304. The van der Waals surface area contributed by atoms with Gasteiger partial charge in [0, 0.05) is 11.9 Å². The van der Waals surface area contributed by atoms with Gasteiger partial charge in [-0.2, -0.15) is 5.26 Å². The molecule has 2 aromatic carbocycles. The summed E-state index contributed by atoms with van der Waals surface area (Å²) in [6.07, 6.45) is 6.79. The van der Waals surface area contributed by atoms with Crippen molar-refractivity contribution in [2.45, 2.75) is 45.1 Å². The van der Waals surface area contributed by atoms with Gasteiger partial charge in [0.15, 0.2) is 0 Å². The number of amides is 1. The van der Waals surface area contributed by atoms with Crippen LogP contribution in [-0.2, 0) is 17.6 Å². The van der Waals surface area contributed by atoms with Crippen molar-refractivity contribution in [1.29, 1.82) is 5.26 Å². The first-order chi connectivity index (χ1) is 14.0. The van der Waals surface area contributed by atoms with Crippen LogP contribution in [0.2, 0.25) is 5.02 Å². The zero-order valence-corrected chi connectivity index (χ0v) is 17.2. The monoisotopic (exact) mass is 408 g/mol. The largest absolute Gasteiger partial charge is 0.398 e. The number of benzene rings is 2. The number of nitrogens with one attached hydrogen (secondary N) is 2. The Balaban J connectivity index is 1.71. The van der Waals surface area contributed by atoms with Crippen molar-refractivity contribution < 1.29 is 4.79 Å². The van der Waals surface area contributed by atoms with Crippen LogP contribution in [0, 0.1) is 11.3 Å². The summed E-state index contributed by atoms with van der Waals surface area (Å²) < 4.78 is 0. The second-order valence-corrected chi connectivity index (χ2v) is 7.63. The highest BCUT2D eigenvalue weighted by Crippen LogP contribution is 2.26. The van der Waals surface area contributed by atoms with Crippen LogP contribution in [0.25, 0.3) is 0 Å². The number of carbonyl (C=O) groups excluding carboxylic acids is 1. The van der Waals surface area contributed by atoms with E-state index >= 15 is 0 Å². The highest BCUT2D eigenvalue weighted by Gasteiger charge is 2.18. The van der Waals surface area contributed by atoms with Crippen LogP contribution in [0.15, 0.2) is 48.2 Å². The number of nitrogen functional groups attached to an aromatic ring is 1. The average molecular weight is 409 g/mol. The molecule has 0 aliphatic heterocycles. The van der Waals surface area contributed by atoms with Crippen LogP contribution in [0.3, 0.4) is 0 Å². The van der Waals surface area contributed by atoms with E-state index in [9.17, 15) is 10.1 Å². The molecule has 1 unspecified atom stereocenters. The van der Waals surface area contributed by atoms with Crippen molar-refractivity contribution in [2.24, 2.45) is 0 Å². The second-order valence-electron chi connectivity index (χ2n) is 7.22. The molecule has 3 rings (SSSR count). The SMILES string of the molecule is CCC(NC(=O)/C(C#N)=C\Nc1ccc(N)c(Cl)c1)c1ccc2c(c1)CCCC2. The molecule has 150 valence electrons. The number of carbonyl (C=O) groups is 1. The quantitative estimate of drug-likeness (QED) is 0.360. The van der Waals surface area contributed by atoms with E-state index in [0.29, 0.717) is 16.4 Å². The van der Waals surface area contributed by atoms with Crippen LogP contribution < -0.4 is 16.4 Å². The van der Waals surface area contributed by atoms with Crippen molar-refractivity contribution in [2.75, 3.05) is 11.1 Å². The average Bonchev–Trinajstić information content (AvgIpc) is 2.74. The molecule has 2 aromatic rings. The topological polar surface area (TPSA) is 90.9 Å². The van der Waals surface area contributed by atoms with Crippen molar-refractivity contribution in [3.63, 3.8) is 0 Å². The molecule has 29 heavy (non-hydrogen) atoms. The van der Waals surface area contributed by atoms with Gasteiger partial charge in [0.25, 0.3) is 5.91 Å². The molecule has 0 saturated heterocycles. The third kappa shape index (κ3) is 5.10. The van der Waals surface area contributed by atoms with Crippen molar-refractivity contribution in [3.8, 4) is 6.07 Å². The molecule has 4 N–H and O–H groups in total. The molecule has 1 atom stereocenters. The Morgan fingerprint density at radius 2 is 2.00 bits per heavy atom. The Morgan fingerprint density at radius 3 is 2.69 bits per heavy atom. The van der Waals surface area contributed by atoms with Crippen molar-refractivity contribution in [3.05, 3.63) is 69.9 Å². The molecule has 0 radical (unpaired) electrons. The molecule has 0 spiro atoms. The van der Waals surface area contributed by atoms with E-state index in [4.69, 9.17) is 17.3 Å². The lowest BCUT2D eigenvalue weighted by atomic mass is 9.88. The Labute approximate surface area is 176 Å². The number of halogens is 1. The van der Waals surface area contributed by atoms with Gasteiger partial charge in [-0.3, -0.25) is 4.79 Å². The van der Waals surface area contributed by atoms with E-state index in [0.717, 1.165) is 24.8 Å². The predicted molar refractivity (Wildman–Crippen MR) is 117 cm³/mol. The third-order valence-electron chi connectivity index (χ3n) is 5.24. The van der Waals surface area contributed by atoms with Gasteiger partial charge in [-0.1, -0.05) is 36.7 Å². The highest BCUT2D eigenvalue weighted by molar-refractivity contribution is 6.33. The molecule has 5 nitrogen and oxygen atoms in total. The van der Waals surface area contributed by atoms with Gasteiger partial charge < -0.3 is 16.4 Å². The maximum Gasteiger partial charge on any atom is 0.263 e. The standard InChI is InChI=1S/C23H25ClN4O/c1-2-22(17-8-7-15-5-3-4-6-16(15)11-17)28-23(29)18(13-25)14-27-19-9-10-21(26)20(24)12-19/h7-12,14,22,27H,2-6,26H2,1H3,(H,28,29)/b18-14-. The summed E-state index contributed by atoms with van der Waals surface area (Å²) in [7, 11) is 0. The fourth-order valence-corrected chi connectivity index (χ4v) is 3.73. The number of hydrogen-bond acceptors (Lipinski definition) is 4. The molecular formula is C23H25ClN4O. The summed E-state index contributed by atoms with van der Waals surface area (Å²) in [5.41, 5.74) is 10.7. The molecule has 1 aliphatic rings. The molecule has 0 fully saturated rings. The van der Waals surface area contributed by atoms with Crippen LogP contribution in [0.5, 0.6) is 0 Å². The van der Waals surface area contributed by atoms with E-state index in [2.05, 4.69) is 28.8 Å². The first kappa shape index (κ1) is 20.8. The lowest BCUT2D eigenvalue weighted by Crippen LogP contribution is -2.29. The minimum absolute atomic E-state index is 0.00522. The number of aryl methyl sites for hydroxylation is 2. The van der Waals surface area contributed by atoms with E-state index in [1.54, 1.807) is 18.2 Å². The van der Waals surface area contributed by atoms with E-state index in [1.165, 1.54) is 30.2 Å². The van der Waals surface area contributed by atoms with Gasteiger partial charge in [-0.25, -0.2) is 0 Å². The van der Waals surface area contributed by atoms with Crippen LogP contribution in [0.4, 0.5) is 11.4 Å². The van der Waals surface area contributed by atoms with Crippen molar-refractivity contribution >= 4 is 28.9 Å². The summed E-state index contributed by atoms with van der Waals surface area (Å²) >= 11 is 6.00. The maximum atomic E-state index is 12.7. The van der Waals surface area contributed by atoms with Gasteiger partial charge in [0.05, 0.1) is 16.8 Å². The summed E-state index contributed by atoms with van der Waals surface area (Å²) in [6, 6.07) is 13.3. The third-order valence-corrected chi connectivity index (χ3v) is 5.56. The number of nitriles is 1. The predicted octanol–water partition coefficient (Wildman–Crippen LogP) is 4.89.